The van der Waals surface area contributed by atoms with E-state index in [1.165, 1.54) is 38.2 Å². The molecule has 0 spiro atoms. The maximum atomic E-state index is 13.1. The van der Waals surface area contributed by atoms with E-state index in [0.29, 0.717) is 26.2 Å². The van der Waals surface area contributed by atoms with Gasteiger partial charge < -0.3 is 20.1 Å². The number of aliphatic carboxylic acids is 1. The van der Waals surface area contributed by atoms with Crippen molar-refractivity contribution >= 4 is 35.1 Å². The Hall–Kier alpha value is -3.24. The SMILES string of the molecule is C[C@@H]1CN(Cc2ccc(F)cc2)CCN1C(=O)COc1ncc(Cl)cc1NC(=O)CC(C)(C)C(=O)O. The summed E-state index contributed by atoms with van der Waals surface area (Å²) in [6, 6.07) is 7.74. The molecule has 9 nitrogen and oxygen atoms in total. The predicted octanol–water partition coefficient (Wildman–Crippen LogP) is 3.43. The molecule has 11 heteroatoms. The molecule has 2 aromatic rings. The molecule has 1 atom stereocenters. The normalized spacial score (nSPS) is 16.5. The Morgan fingerprint density at radius 2 is 1.94 bits per heavy atom. The Bertz CT molecular complexity index is 1110. The minimum absolute atomic E-state index is 0.0110. The van der Waals surface area contributed by atoms with Crippen LogP contribution in [0.4, 0.5) is 10.1 Å². The van der Waals surface area contributed by atoms with Crippen LogP contribution in [0.3, 0.4) is 0 Å². The van der Waals surface area contributed by atoms with E-state index >= 15 is 0 Å². The maximum absolute atomic E-state index is 13.1. The number of ether oxygens (including phenoxy) is 1. The molecule has 1 aromatic heterocycles. The predicted molar refractivity (Wildman–Crippen MR) is 132 cm³/mol. The van der Waals surface area contributed by atoms with Crippen LogP contribution in [-0.4, -0.2) is 70.0 Å². The number of rotatable bonds is 9. The third-order valence-corrected chi connectivity index (χ3v) is 6.16. The van der Waals surface area contributed by atoms with E-state index in [9.17, 15) is 23.9 Å². The summed E-state index contributed by atoms with van der Waals surface area (Å²) in [6.07, 6.45) is 1.06. The number of pyridine rings is 1. The zero-order chi connectivity index (χ0) is 26.5. The zero-order valence-corrected chi connectivity index (χ0v) is 21.2. The van der Waals surface area contributed by atoms with Crippen LogP contribution in [0.5, 0.6) is 5.88 Å². The monoisotopic (exact) mass is 520 g/mol. The highest BCUT2D eigenvalue weighted by molar-refractivity contribution is 6.30. The number of nitrogens with zero attached hydrogens (tertiary/aromatic N) is 3. The number of halogens is 2. The molecule has 36 heavy (non-hydrogen) atoms. The second-order valence-corrected chi connectivity index (χ2v) is 9.94. The highest BCUT2D eigenvalue weighted by atomic mass is 35.5. The van der Waals surface area contributed by atoms with Crippen LogP contribution in [0.1, 0.15) is 32.8 Å². The third kappa shape index (κ3) is 7.38. The Morgan fingerprint density at radius 1 is 1.25 bits per heavy atom. The topological polar surface area (TPSA) is 112 Å². The molecule has 1 aromatic carbocycles. The molecular formula is C25H30ClFN4O5. The largest absolute Gasteiger partial charge is 0.481 e. The zero-order valence-electron chi connectivity index (χ0n) is 20.5. The first kappa shape index (κ1) is 27.3. The van der Waals surface area contributed by atoms with Gasteiger partial charge in [0.1, 0.15) is 11.5 Å². The fraction of sp³-hybridized carbons (Fsp3) is 0.440. The number of piperazine rings is 1. The lowest BCUT2D eigenvalue weighted by molar-refractivity contribution is -0.149. The van der Waals surface area contributed by atoms with Crippen molar-refractivity contribution in [3.8, 4) is 5.88 Å². The lowest BCUT2D eigenvalue weighted by atomic mass is 9.89. The first-order valence-electron chi connectivity index (χ1n) is 11.5. The highest BCUT2D eigenvalue weighted by Crippen LogP contribution is 2.27. The molecule has 194 valence electrons. The second-order valence-electron chi connectivity index (χ2n) is 9.51. The summed E-state index contributed by atoms with van der Waals surface area (Å²) >= 11 is 6.00. The summed E-state index contributed by atoms with van der Waals surface area (Å²) < 4.78 is 18.8. The second kappa shape index (κ2) is 11.7. The van der Waals surface area contributed by atoms with Crippen molar-refractivity contribution in [3.63, 3.8) is 0 Å². The van der Waals surface area contributed by atoms with Crippen LogP contribution >= 0.6 is 11.6 Å². The number of nitrogens with one attached hydrogen (secondary N) is 1. The van der Waals surface area contributed by atoms with Crippen molar-refractivity contribution in [2.75, 3.05) is 31.6 Å². The average molecular weight is 521 g/mol. The van der Waals surface area contributed by atoms with Crippen molar-refractivity contribution in [2.45, 2.75) is 39.8 Å². The van der Waals surface area contributed by atoms with Crippen molar-refractivity contribution in [2.24, 2.45) is 5.41 Å². The van der Waals surface area contributed by atoms with Crippen LogP contribution in [0.15, 0.2) is 36.5 Å². The van der Waals surface area contributed by atoms with Crippen LogP contribution < -0.4 is 10.1 Å². The molecule has 0 radical (unpaired) electrons. The summed E-state index contributed by atoms with van der Waals surface area (Å²) in [5.74, 6) is -2.14. The Morgan fingerprint density at radius 3 is 2.58 bits per heavy atom. The molecule has 0 unspecified atom stereocenters. The summed E-state index contributed by atoms with van der Waals surface area (Å²) in [4.78, 5) is 44.6. The molecule has 0 aliphatic carbocycles. The number of anilines is 1. The summed E-state index contributed by atoms with van der Waals surface area (Å²) in [5.41, 5.74) is -0.109. The Kier molecular flexibility index (Phi) is 8.86. The quantitative estimate of drug-likeness (QED) is 0.521. The fourth-order valence-corrected chi connectivity index (χ4v) is 4.07. The smallest absolute Gasteiger partial charge is 0.309 e. The first-order chi connectivity index (χ1) is 16.9. The summed E-state index contributed by atoms with van der Waals surface area (Å²) in [5, 5.41) is 12.1. The number of hydrogen-bond acceptors (Lipinski definition) is 6. The van der Waals surface area contributed by atoms with E-state index in [4.69, 9.17) is 16.3 Å². The van der Waals surface area contributed by atoms with Gasteiger partial charge in [0.25, 0.3) is 5.91 Å². The number of carboxylic acids is 1. The average Bonchev–Trinajstić information content (AvgIpc) is 2.79. The number of carbonyl (C=O) groups excluding carboxylic acids is 2. The molecule has 0 bridgehead atoms. The molecule has 1 aliphatic heterocycles. The standard InChI is InChI=1S/C25H30ClFN4O5/c1-16-13-30(14-17-4-6-19(27)7-5-17)8-9-31(16)22(33)15-36-23-20(10-18(26)12-28-23)29-21(32)11-25(2,3)24(34)35/h4-7,10,12,16H,8-9,11,13-15H2,1-3H3,(H,29,32)(H,34,35)/t16-/m1/s1. The molecule has 0 saturated carbocycles. The third-order valence-electron chi connectivity index (χ3n) is 5.96. The van der Waals surface area contributed by atoms with Crippen LogP contribution in [-0.2, 0) is 20.9 Å². The number of amides is 2. The molecule has 2 heterocycles. The molecule has 2 amide bonds. The number of carbonyl (C=O) groups is 3. The van der Waals surface area contributed by atoms with E-state index in [1.807, 2.05) is 6.92 Å². The van der Waals surface area contributed by atoms with E-state index < -0.39 is 17.3 Å². The van der Waals surface area contributed by atoms with Crippen LogP contribution in [0, 0.1) is 11.2 Å². The van der Waals surface area contributed by atoms with Gasteiger partial charge in [0.05, 0.1) is 10.4 Å². The minimum atomic E-state index is -1.26. The van der Waals surface area contributed by atoms with Gasteiger partial charge in [-0.3, -0.25) is 19.3 Å². The van der Waals surface area contributed by atoms with E-state index in [2.05, 4.69) is 15.2 Å². The van der Waals surface area contributed by atoms with E-state index in [1.54, 1.807) is 17.0 Å². The molecule has 1 saturated heterocycles. The van der Waals surface area contributed by atoms with Gasteiger partial charge in [0.15, 0.2) is 6.61 Å². The summed E-state index contributed by atoms with van der Waals surface area (Å²) in [7, 11) is 0. The molecule has 3 rings (SSSR count). The Balaban J connectivity index is 1.56. The van der Waals surface area contributed by atoms with Gasteiger partial charge in [-0.05, 0) is 44.5 Å². The number of aromatic nitrogens is 1. The van der Waals surface area contributed by atoms with Crippen molar-refractivity contribution in [1.29, 1.82) is 0 Å². The fourth-order valence-electron chi connectivity index (χ4n) is 3.91. The summed E-state index contributed by atoms with van der Waals surface area (Å²) in [6.45, 7) is 7.04. The Labute approximate surface area is 214 Å². The molecule has 2 N–H and O–H groups in total. The van der Waals surface area contributed by atoms with Crippen LogP contribution in [0.25, 0.3) is 0 Å². The van der Waals surface area contributed by atoms with Crippen LogP contribution in [0.2, 0.25) is 5.02 Å². The van der Waals surface area contributed by atoms with Crippen molar-refractivity contribution in [1.82, 2.24) is 14.8 Å². The molecule has 1 fully saturated rings. The highest BCUT2D eigenvalue weighted by Gasteiger charge is 2.31. The van der Waals surface area contributed by atoms with Gasteiger partial charge >= 0.3 is 5.97 Å². The van der Waals surface area contributed by atoms with Gasteiger partial charge in [-0.2, -0.15) is 0 Å². The van der Waals surface area contributed by atoms with Crippen molar-refractivity contribution < 1.29 is 28.6 Å². The van der Waals surface area contributed by atoms with Gasteiger partial charge in [-0.15, -0.1) is 0 Å². The number of carboxylic acid groups (broad SMARTS) is 1. The maximum Gasteiger partial charge on any atom is 0.309 e. The van der Waals surface area contributed by atoms with Gasteiger partial charge in [0.2, 0.25) is 11.8 Å². The number of benzene rings is 1. The van der Waals surface area contributed by atoms with E-state index in [-0.39, 0.29) is 47.4 Å². The van der Waals surface area contributed by atoms with E-state index in [0.717, 1.165) is 5.56 Å². The first-order valence-corrected chi connectivity index (χ1v) is 11.9. The molecule has 1 aliphatic rings. The molecular weight excluding hydrogens is 491 g/mol. The number of hydrogen-bond donors (Lipinski definition) is 2. The van der Waals surface area contributed by atoms with Gasteiger partial charge in [-0.25, -0.2) is 9.37 Å². The lowest BCUT2D eigenvalue weighted by Crippen LogP contribution is -2.54. The van der Waals surface area contributed by atoms with Crippen molar-refractivity contribution in [3.05, 3.63) is 52.9 Å². The van der Waals surface area contributed by atoms with Gasteiger partial charge in [0, 0.05) is 44.8 Å². The lowest BCUT2D eigenvalue weighted by Gasteiger charge is -2.39. The minimum Gasteiger partial charge on any atom is -0.481 e. The van der Waals surface area contributed by atoms with Gasteiger partial charge in [-0.1, -0.05) is 23.7 Å².